The summed E-state index contributed by atoms with van der Waals surface area (Å²) >= 11 is 0. The number of aromatic amines is 1. The molecule has 4 atom stereocenters. The van der Waals surface area contributed by atoms with Crippen molar-refractivity contribution >= 4 is 0 Å². The molecule has 0 saturated carbocycles. The molecule has 4 heterocycles. The van der Waals surface area contributed by atoms with E-state index >= 15 is 0 Å². The van der Waals surface area contributed by atoms with Crippen LogP contribution in [-0.4, -0.2) is 43.1 Å². The van der Waals surface area contributed by atoms with E-state index in [1.807, 2.05) is 6.07 Å². The fourth-order valence-corrected chi connectivity index (χ4v) is 4.36. The van der Waals surface area contributed by atoms with E-state index in [2.05, 4.69) is 4.98 Å². The maximum Gasteiger partial charge on any atom is 0.330 e. The molecule has 1 saturated heterocycles. The molecule has 2 aliphatic heterocycles. The number of aliphatic hydroxyl groups is 2. The fraction of sp³-hybridized carbons (Fsp3) is 0.429. The normalized spacial score (nSPS) is 24.3. The van der Waals surface area contributed by atoms with Gasteiger partial charge < -0.3 is 30.0 Å². The lowest BCUT2D eigenvalue weighted by atomic mass is 9.85. The molecule has 174 valence electrons. The Labute approximate surface area is 186 Å². The van der Waals surface area contributed by atoms with E-state index in [1.165, 1.54) is 10.8 Å². The highest BCUT2D eigenvalue weighted by Gasteiger charge is 2.38. The third-order valence-corrected chi connectivity index (χ3v) is 6.01. The van der Waals surface area contributed by atoms with Crippen LogP contribution in [0.2, 0.25) is 0 Å². The topological polar surface area (TPSA) is 186 Å². The predicted molar refractivity (Wildman–Crippen MR) is 113 cm³/mol. The van der Waals surface area contributed by atoms with E-state index < -0.39 is 47.8 Å². The lowest BCUT2D eigenvalue weighted by Crippen LogP contribution is -2.38. The number of nitrogens with zero attached hydrogens (tertiary/aromatic N) is 3. The molecule has 5 N–H and O–H groups in total. The van der Waals surface area contributed by atoms with Gasteiger partial charge in [-0.05, 0) is 13.8 Å². The van der Waals surface area contributed by atoms with Gasteiger partial charge in [0, 0.05) is 36.5 Å². The van der Waals surface area contributed by atoms with Crippen molar-refractivity contribution < 1.29 is 19.7 Å². The number of nitrogens with one attached hydrogen (secondary N) is 1. The van der Waals surface area contributed by atoms with Gasteiger partial charge >= 0.3 is 5.69 Å². The summed E-state index contributed by atoms with van der Waals surface area (Å²) in [6.07, 6.45) is -1.71. The zero-order valence-electron chi connectivity index (χ0n) is 17.9. The first-order chi connectivity index (χ1) is 15.7. The average molecular weight is 457 g/mol. The van der Waals surface area contributed by atoms with Crippen LogP contribution < -0.4 is 27.3 Å². The highest BCUT2D eigenvalue weighted by atomic mass is 16.5. The van der Waals surface area contributed by atoms with Gasteiger partial charge in [-0.25, -0.2) is 4.79 Å². The van der Waals surface area contributed by atoms with Crippen LogP contribution in [0.5, 0.6) is 5.75 Å². The molecule has 1 fully saturated rings. The van der Waals surface area contributed by atoms with Crippen molar-refractivity contribution in [3.63, 3.8) is 0 Å². The van der Waals surface area contributed by atoms with E-state index in [1.54, 1.807) is 19.9 Å². The van der Waals surface area contributed by atoms with E-state index in [0.29, 0.717) is 12.2 Å². The number of aromatic nitrogens is 3. The Hall–Kier alpha value is -3.66. The second-order valence-corrected chi connectivity index (χ2v) is 7.90. The number of hydrogen-bond acceptors (Lipinski definition) is 9. The standard InChI is InChI=1S/C21H23N5O7/c1-3-25-9(2)4-13-17(20(25)30)16(10(6-22)18(23)33-13)11-7-26(21(31)24-19(11)29)15-5-12(28)14(8-27)32-15/h4,7,12,14-16,27-28H,3,5,8,23H2,1-2H3,(H,24,29,31)/t12-,14+,15+,16?/m0/s1. The Morgan fingerprint density at radius 2 is 2.09 bits per heavy atom. The number of ether oxygens (including phenoxy) is 2. The molecule has 2 aliphatic rings. The summed E-state index contributed by atoms with van der Waals surface area (Å²) in [5.74, 6) is -1.33. The number of aliphatic hydroxyl groups excluding tert-OH is 2. The molecule has 33 heavy (non-hydrogen) atoms. The maximum absolute atomic E-state index is 13.3. The van der Waals surface area contributed by atoms with Gasteiger partial charge in [0.05, 0.1) is 24.2 Å². The number of hydrogen-bond donors (Lipinski definition) is 4. The molecule has 12 nitrogen and oxygen atoms in total. The molecule has 4 rings (SSSR count). The number of H-pyrrole nitrogens is 1. The number of fused-ring (bicyclic) bond motifs is 1. The van der Waals surface area contributed by atoms with Crippen molar-refractivity contribution in [1.29, 1.82) is 5.26 Å². The molecular formula is C21H23N5O7. The molecular weight excluding hydrogens is 434 g/mol. The largest absolute Gasteiger partial charge is 0.440 e. The first-order valence-electron chi connectivity index (χ1n) is 10.3. The molecule has 0 aliphatic carbocycles. The van der Waals surface area contributed by atoms with Gasteiger partial charge in [0.15, 0.2) is 0 Å². The van der Waals surface area contributed by atoms with Crippen molar-refractivity contribution in [2.24, 2.45) is 5.73 Å². The van der Waals surface area contributed by atoms with Gasteiger partial charge in [-0.3, -0.25) is 19.1 Å². The molecule has 0 radical (unpaired) electrons. The summed E-state index contributed by atoms with van der Waals surface area (Å²) in [4.78, 5) is 40.9. The fourth-order valence-electron chi connectivity index (χ4n) is 4.36. The lowest BCUT2D eigenvalue weighted by molar-refractivity contribution is -0.0460. The minimum Gasteiger partial charge on any atom is -0.440 e. The number of allylic oxidation sites excluding steroid dienone is 1. The van der Waals surface area contributed by atoms with Crippen LogP contribution in [0.1, 0.15) is 42.3 Å². The van der Waals surface area contributed by atoms with E-state index in [-0.39, 0.29) is 34.8 Å². The predicted octanol–water partition coefficient (Wildman–Crippen LogP) is -1.11. The van der Waals surface area contributed by atoms with Crippen molar-refractivity contribution in [1.82, 2.24) is 14.1 Å². The minimum atomic E-state index is -1.19. The number of rotatable bonds is 4. The minimum absolute atomic E-state index is 0.00803. The maximum atomic E-state index is 13.3. The van der Waals surface area contributed by atoms with Crippen LogP contribution in [0.25, 0.3) is 0 Å². The van der Waals surface area contributed by atoms with Crippen LogP contribution in [0.4, 0.5) is 0 Å². The monoisotopic (exact) mass is 457 g/mol. The van der Waals surface area contributed by atoms with E-state index in [9.17, 15) is 29.9 Å². The SMILES string of the molecule is CCn1c(C)cc2c(c1=O)C(c1cn([C@H]3C[C@H](O)[C@@H](CO)O3)c(=O)[nH]c1=O)C(C#N)=C(N)O2. The van der Waals surface area contributed by atoms with Crippen LogP contribution in [0.15, 0.2) is 38.1 Å². The van der Waals surface area contributed by atoms with Crippen LogP contribution >= 0.6 is 0 Å². The van der Waals surface area contributed by atoms with Crippen LogP contribution in [0.3, 0.4) is 0 Å². The van der Waals surface area contributed by atoms with Crippen molar-refractivity contribution in [2.75, 3.05) is 6.61 Å². The van der Waals surface area contributed by atoms with Crippen LogP contribution in [0, 0.1) is 18.3 Å². The number of nitriles is 1. The molecule has 0 spiro atoms. The Morgan fingerprint density at radius 1 is 1.36 bits per heavy atom. The lowest BCUT2D eigenvalue weighted by Gasteiger charge is -2.27. The van der Waals surface area contributed by atoms with Crippen molar-refractivity contribution in [3.05, 3.63) is 71.7 Å². The third kappa shape index (κ3) is 3.56. The van der Waals surface area contributed by atoms with E-state index in [0.717, 1.165) is 4.57 Å². The zero-order valence-corrected chi connectivity index (χ0v) is 17.9. The first kappa shape index (κ1) is 22.5. The summed E-state index contributed by atoms with van der Waals surface area (Å²) in [5, 5.41) is 29.2. The Balaban J connectivity index is 1.96. The Kier molecular flexibility index (Phi) is 5.71. The zero-order chi connectivity index (χ0) is 24.0. The third-order valence-electron chi connectivity index (χ3n) is 6.01. The first-order valence-corrected chi connectivity index (χ1v) is 10.3. The highest BCUT2D eigenvalue weighted by molar-refractivity contribution is 5.54. The van der Waals surface area contributed by atoms with Crippen molar-refractivity contribution in [3.8, 4) is 11.8 Å². The Bertz CT molecular complexity index is 1360. The quantitative estimate of drug-likeness (QED) is 0.441. The highest BCUT2D eigenvalue weighted by Crippen LogP contribution is 2.39. The molecule has 1 unspecified atom stereocenters. The molecule has 12 heteroatoms. The number of nitrogens with two attached hydrogens (primary N) is 1. The summed E-state index contributed by atoms with van der Waals surface area (Å²) in [6, 6.07) is 3.51. The molecule has 2 aromatic rings. The van der Waals surface area contributed by atoms with Crippen molar-refractivity contribution in [2.45, 2.75) is 51.2 Å². The van der Waals surface area contributed by atoms with Gasteiger partial charge in [0.1, 0.15) is 29.7 Å². The Morgan fingerprint density at radius 3 is 2.70 bits per heavy atom. The van der Waals surface area contributed by atoms with Crippen LogP contribution in [-0.2, 0) is 11.3 Å². The average Bonchev–Trinajstić information content (AvgIpc) is 3.13. The van der Waals surface area contributed by atoms with Gasteiger partial charge in [-0.15, -0.1) is 0 Å². The summed E-state index contributed by atoms with van der Waals surface area (Å²) in [7, 11) is 0. The summed E-state index contributed by atoms with van der Waals surface area (Å²) in [5.41, 5.74) is 4.30. The smallest absolute Gasteiger partial charge is 0.330 e. The van der Waals surface area contributed by atoms with Gasteiger partial charge in [0.2, 0.25) is 5.88 Å². The van der Waals surface area contributed by atoms with Gasteiger partial charge in [-0.1, -0.05) is 0 Å². The van der Waals surface area contributed by atoms with E-state index in [4.69, 9.17) is 15.2 Å². The molecule has 2 aromatic heterocycles. The number of aryl methyl sites for hydroxylation is 1. The van der Waals surface area contributed by atoms with Gasteiger partial charge in [-0.2, -0.15) is 5.26 Å². The second kappa shape index (κ2) is 8.36. The molecule has 0 amide bonds. The number of pyridine rings is 1. The summed E-state index contributed by atoms with van der Waals surface area (Å²) in [6.45, 7) is 3.39. The summed E-state index contributed by atoms with van der Waals surface area (Å²) < 4.78 is 13.6. The molecule has 0 bridgehead atoms. The molecule has 0 aromatic carbocycles. The van der Waals surface area contributed by atoms with Gasteiger partial charge in [0.25, 0.3) is 11.1 Å². The second-order valence-electron chi connectivity index (χ2n) is 7.90.